The van der Waals surface area contributed by atoms with Crippen molar-refractivity contribution in [2.24, 2.45) is 0 Å². The molecule has 1 aromatic rings. The predicted molar refractivity (Wildman–Crippen MR) is 85.7 cm³/mol. The first-order chi connectivity index (χ1) is 9.83. The zero-order valence-corrected chi connectivity index (χ0v) is 12.5. The van der Waals surface area contributed by atoms with Gasteiger partial charge in [-0.05, 0) is 31.4 Å². The van der Waals surface area contributed by atoms with E-state index in [9.17, 15) is 0 Å². The van der Waals surface area contributed by atoms with E-state index in [4.69, 9.17) is 6.42 Å². The smallest absolute Gasteiger partial charge is 0.0712 e. The topological polar surface area (TPSA) is 15.3 Å². The molecule has 1 fully saturated rings. The largest absolute Gasteiger partial charge is 0.312 e. The Kier molecular flexibility index (Phi) is 6.11. The molecular weight excluding hydrogens is 244 g/mol. The molecule has 20 heavy (non-hydrogen) atoms. The molecule has 1 aliphatic rings. The molecule has 2 nitrogen and oxygen atoms in total. The van der Waals surface area contributed by atoms with Gasteiger partial charge in [-0.1, -0.05) is 49.6 Å². The Morgan fingerprint density at radius 2 is 2.20 bits per heavy atom. The molecule has 2 atom stereocenters. The minimum atomic E-state index is 0.304. The number of terminal acetylenes is 1. The second-order valence-corrected chi connectivity index (χ2v) is 5.66. The fraction of sp³-hybridized carbons (Fsp3) is 0.556. The molecule has 1 heterocycles. The number of benzene rings is 1. The third-order valence-electron chi connectivity index (χ3n) is 4.03. The lowest BCUT2D eigenvalue weighted by molar-refractivity contribution is 0.221. The van der Waals surface area contributed by atoms with Gasteiger partial charge in [0.05, 0.1) is 6.04 Å². The highest BCUT2D eigenvalue weighted by atomic mass is 15.2. The van der Waals surface area contributed by atoms with Crippen LogP contribution >= 0.6 is 0 Å². The van der Waals surface area contributed by atoms with E-state index in [1.165, 1.54) is 12.0 Å². The van der Waals surface area contributed by atoms with Crippen molar-refractivity contribution in [3.63, 3.8) is 0 Å². The molecule has 0 saturated carbocycles. The van der Waals surface area contributed by atoms with Crippen molar-refractivity contribution in [3.05, 3.63) is 35.9 Å². The zero-order valence-electron chi connectivity index (χ0n) is 12.5. The molecule has 1 aromatic carbocycles. The fourth-order valence-electron chi connectivity index (χ4n) is 2.99. The number of rotatable bonds is 5. The van der Waals surface area contributed by atoms with Gasteiger partial charge in [-0.25, -0.2) is 0 Å². The molecule has 2 unspecified atom stereocenters. The van der Waals surface area contributed by atoms with E-state index in [2.05, 4.69) is 53.4 Å². The van der Waals surface area contributed by atoms with E-state index in [-0.39, 0.29) is 0 Å². The van der Waals surface area contributed by atoms with Gasteiger partial charge < -0.3 is 5.32 Å². The summed E-state index contributed by atoms with van der Waals surface area (Å²) in [5, 5.41) is 3.67. The van der Waals surface area contributed by atoms with E-state index in [1.54, 1.807) is 0 Å². The summed E-state index contributed by atoms with van der Waals surface area (Å²) in [6.07, 6.45) is 10.3. The molecule has 2 heteroatoms. The summed E-state index contributed by atoms with van der Waals surface area (Å²) in [6, 6.07) is 11.5. The normalized spacial score (nSPS) is 21.9. The second-order valence-electron chi connectivity index (χ2n) is 5.66. The molecular formula is C18H26N2. The lowest BCUT2D eigenvalue weighted by Gasteiger charge is -2.29. The Labute approximate surface area is 123 Å². The van der Waals surface area contributed by atoms with Crippen LogP contribution in [0, 0.1) is 12.3 Å². The maximum Gasteiger partial charge on any atom is 0.0712 e. The minimum Gasteiger partial charge on any atom is -0.312 e. The summed E-state index contributed by atoms with van der Waals surface area (Å²) in [5.41, 5.74) is 1.40. The van der Waals surface area contributed by atoms with Crippen molar-refractivity contribution in [1.29, 1.82) is 0 Å². The van der Waals surface area contributed by atoms with Gasteiger partial charge in [0.1, 0.15) is 0 Å². The van der Waals surface area contributed by atoms with Gasteiger partial charge >= 0.3 is 0 Å². The van der Waals surface area contributed by atoms with E-state index in [0.717, 1.165) is 38.9 Å². The summed E-state index contributed by atoms with van der Waals surface area (Å²) < 4.78 is 0. The highest BCUT2D eigenvalue weighted by molar-refractivity contribution is 5.16. The van der Waals surface area contributed by atoms with Gasteiger partial charge in [-0.15, -0.1) is 6.42 Å². The van der Waals surface area contributed by atoms with Crippen molar-refractivity contribution >= 4 is 0 Å². The molecule has 0 bridgehead atoms. The van der Waals surface area contributed by atoms with Gasteiger partial charge in [0.25, 0.3) is 0 Å². The quantitative estimate of drug-likeness (QED) is 0.828. The van der Waals surface area contributed by atoms with E-state index in [0.29, 0.717) is 12.1 Å². The number of hydrogen-bond acceptors (Lipinski definition) is 2. The van der Waals surface area contributed by atoms with Crippen LogP contribution in [0.25, 0.3) is 0 Å². The predicted octanol–water partition coefficient (Wildman–Crippen LogP) is 2.69. The van der Waals surface area contributed by atoms with Crippen LogP contribution in [-0.4, -0.2) is 36.6 Å². The van der Waals surface area contributed by atoms with Gasteiger partial charge in [-0.2, -0.15) is 0 Å². The summed E-state index contributed by atoms with van der Waals surface area (Å²) >= 11 is 0. The van der Waals surface area contributed by atoms with Crippen LogP contribution in [-0.2, 0) is 6.42 Å². The maximum atomic E-state index is 5.73. The molecule has 1 N–H and O–H groups in total. The van der Waals surface area contributed by atoms with Crippen LogP contribution in [0.4, 0.5) is 0 Å². The maximum absolute atomic E-state index is 5.73. The highest BCUT2D eigenvalue weighted by Gasteiger charge is 2.22. The van der Waals surface area contributed by atoms with Crippen molar-refractivity contribution in [1.82, 2.24) is 10.2 Å². The first kappa shape index (κ1) is 15.1. The van der Waals surface area contributed by atoms with E-state index >= 15 is 0 Å². The lowest BCUT2D eigenvalue weighted by Crippen LogP contribution is -2.43. The van der Waals surface area contributed by atoms with Crippen LogP contribution in [0.5, 0.6) is 0 Å². The number of hydrogen-bond donors (Lipinski definition) is 1. The van der Waals surface area contributed by atoms with E-state index < -0.39 is 0 Å². The van der Waals surface area contributed by atoms with Crippen molar-refractivity contribution in [3.8, 4) is 12.3 Å². The monoisotopic (exact) mass is 270 g/mol. The summed E-state index contributed by atoms with van der Waals surface area (Å²) in [7, 11) is 0. The SMILES string of the molecule is C#CC(CCC)N1CCCNC(Cc2ccccc2)C1. The lowest BCUT2D eigenvalue weighted by atomic mass is 10.0. The Hall–Kier alpha value is -1.30. The zero-order chi connectivity index (χ0) is 14.2. The van der Waals surface area contributed by atoms with Crippen molar-refractivity contribution in [2.45, 2.75) is 44.7 Å². The third-order valence-corrected chi connectivity index (χ3v) is 4.03. The molecule has 2 rings (SSSR count). The molecule has 1 aliphatic heterocycles. The van der Waals surface area contributed by atoms with Crippen LogP contribution in [0.2, 0.25) is 0 Å². The summed E-state index contributed by atoms with van der Waals surface area (Å²) in [5.74, 6) is 2.98. The highest BCUT2D eigenvalue weighted by Crippen LogP contribution is 2.13. The number of nitrogens with zero attached hydrogens (tertiary/aromatic N) is 1. The van der Waals surface area contributed by atoms with Crippen LogP contribution < -0.4 is 5.32 Å². The molecule has 0 amide bonds. The molecule has 0 spiro atoms. The Bertz CT molecular complexity index is 421. The molecule has 0 radical (unpaired) electrons. The third kappa shape index (κ3) is 4.37. The average Bonchev–Trinajstić information content (AvgIpc) is 2.71. The van der Waals surface area contributed by atoms with Crippen LogP contribution in [0.1, 0.15) is 31.7 Å². The standard InChI is InChI=1S/C18H26N2/c1-3-9-18(4-2)20-13-8-12-19-17(15-20)14-16-10-6-5-7-11-16/h2,5-7,10-11,17-19H,3,8-9,12-15H2,1H3. The number of nitrogens with one attached hydrogen (secondary N) is 1. The van der Waals surface area contributed by atoms with Crippen LogP contribution in [0.15, 0.2) is 30.3 Å². The summed E-state index contributed by atoms with van der Waals surface area (Å²) in [4.78, 5) is 2.50. The molecule has 0 aromatic heterocycles. The van der Waals surface area contributed by atoms with E-state index in [1.807, 2.05) is 0 Å². The average molecular weight is 270 g/mol. The Morgan fingerprint density at radius 3 is 2.90 bits per heavy atom. The van der Waals surface area contributed by atoms with Crippen molar-refractivity contribution in [2.75, 3.05) is 19.6 Å². The van der Waals surface area contributed by atoms with Gasteiger partial charge in [0.2, 0.25) is 0 Å². The Balaban J connectivity index is 1.98. The van der Waals surface area contributed by atoms with Gasteiger partial charge in [-0.3, -0.25) is 4.90 Å². The fourth-order valence-corrected chi connectivity index (χ4v) is 2.99. The first-order valence-electron chi connectivity index (χ1n) is 7.81. The van der Waals surface area contributed by atoms with Crippen LogP contribution in [0.3, 0.4) is 0 Å². The minimum absolute atomic E-state index is 0.304. The molecule has 1 saturated heterocycles. The van der Waals surface area contributed by atoms with Gasteiger partial charge in [0, 0.05) is 19.1 Å². The second kappa shape index (κ2) is 8.09. The summed E-state index contributed by atoms with van der Waals surface area (Å²) in [6.45, 7) is 5.48. The molecule has 0 aliphatic carbocycles. The Morgan fingerprint density at radius 1 is 1.40 bits per heavy atom. The van der Waals surface area contributed by atoms with Crippen molar-refractivity contribution < 1.29 is 0 Å². The first-order valence-corrected chi connectivity index (χ1v) is 7.81. The van der Waals surface area contributed by atoms with Gasteiger partial charge in [0.15, 0.2) is 0 Å². The molecule has 108 valence electrons.